The Morgan fingerprint density at radius 1 is 1.43 bits per heavy atom. The van der Waals surface area contributed by atoms with Gasteiger partial charge in [0.05, 0.1) is 6.54 Å². The second kappa shape index (κ2) is 4.62. The van der Waals surface area contributed by atoms with Crippen LogP contribution in [0, 0.1) is 0 Å². The second-order valence-electron chi connectivity index (χ2n) is 3.07. The van der Waals surface area contributed by atoms with Crippen LogP contribution in [0.1, 0.15) is 0 Å². The van der Waals surface area contributed by atoms with Crippen LogP contribution < -0.4 is 16.0 Å². The number of carbonyl (C=O) groups excluding carboxylic acids is 1. The molecule has 1 rings (SSSR count). The first-order valence-electron chi connectivity index (χ1n) is 4.42. The molecular weight excluding hydrogens is 178 g/mol. The number of benzene rings is 1. The predicted octanol–water partition coefficient (Wildman–Crippen LogP) is 0.451. The molecule has 3 N–H and O–H groups in total. The van der Waals surface area contributed by atoms with Gasteiger partial charge in [0.25, 0.3) is 0 Å². The molecule has 0 aliphatic carbocycles. The van der Waals surface area contributed by atoms with Crippen LogP contribution in [0.2, 0.25) is 0 Å². The third-order valence-electron chi connectivity index (χ3n) is 1.98. The van der Waals surface area contributed by atoms with Gasteiger partial charge in [0.2, 0.25) is 5.91 Å². The highest BCUT2D eigenvalue weighted by Gasteiger charge is 2.08. The van der Waals surface area contributed by atoms with E-state index in [0.717, 1.165) is 5.69 Å². The molecule has 1 aromatic rings. The maximum absolute atomic E-state index is 11.5. The number of hydrogen-bond donors (Lipinski definition) is 2. The van der Waals surface area contributed by atoms with Crippen LogP contribution in [-0.4, -0.2) is 26.5 Å². The number of nitrogens with zero attached hydrogens (tertiary/aromatic N) is 1. The number of anilines is 2. The summed E-state index contributed by atoms with van der Waals surface area (Å²) < 4.78 is 0. The first-order chi connectivity index (χ1) is 6.65. The SMILES string of the molecule is CNCC(=O)N(C)c1ccc(N)cc1. The zero-order valence-electron chi connectivity index (χ0n) is 8.45. The fraction of sp³-hybridized carbons (Fsp3) is 0.300. The number of nitrogen functional groups attached to an aromatic ring is 1. The lowest BCUT2D eigenvalue weighted by Crippen LogP contribution is -2.33. The molecule has 0 spiro atoms. The van der Waals surface area contributed by atoms with Gasteiger partial charge in [-0.3, -0.25) is 4.79 Å². The van der Waals surface area contributed by atoms with E-state index in [4.69, 9.17) is 5.73 Å². The molecule has 14 heavy (non-hydrogen) atoms. The summed E-state index contributed by atoms with van der Waals surface area (Å²) in [6.07, 6.45) is 0. The summed E-state index contributed by atoms with van der Waals surface area (Å²) in [6.45, 7) is 0.334. The molecule has 0 heterocycles. The number of likely N-dealkylation sites (N-methyl/N-ethyl adjacent to an activating group) is 2. The lowest BCUT2D eigenvalue weighted by molar-refractivity contribution is -0.117. The third-order valence-corrected chi connectivity index (χ3v) is 1.98. The Kier molecular flexibility index (Phi) is 3.48. The molecule has 4 nitrogen and oxygen atoms in total. The van der Waals surface area contributed by atoms with Crippen molar-refractivity contribution in [3.8, 4) is 0 Å². The van der Waals surface area contributed by atoms with Gasteiger partial charge in [0, 0.05) is 18.4 Å². The Labute approximate surface area is 83.7 Å². The van der Waals surface area contributed by atoms with Crippen molar-refractivity contribution < 1.29 is 4.79 Å². The van der Waals surface area contributed by atoms with E-state index in [1.54, 1.807) is 31.1 Å². The van der Waals surface area contributed by atoms with Crippen molar-refractivity contribution in [2.45, 2.75) is 0 Å². The normalized spacial score (nSPS) is 9.86. The monoisotopic (exact) mass is 193 g/mol. The molecule has 0 bridgehead atoms. The van der Waals surface area contributed by atoms with Crippen molar-refractivity contribution in [2.24, 2.45) is 0 Å². The summed E-state index contributed by atoms with van der Waals surface area (Å²) in [5.41, 5.74) is 7.09. The Bertz CT molecular complexity index is 308. The third kappa shape index (κ3) is 2.47. The summed E-state index contributed by atoms with van der Waals surface area (Å²) >= 11 is 0. The average Bonchev–Trinajstić information content (AvgIpc) is 2.18. The molecule has 0 saturated heterocycles. The number of nitrogens with one attached hydrogen (secondary N) is 1. The van der Waals surface area contributed by atoms with Crippen LogP contribution in [0.25, 0.3) is 0 Å². The Balaban J connectivity index is 2.73. The molecule has 0 saturated carbocycles. The zero-order chi connectivity index (χ0) is 10.6. The summed E-state index contributed by atoms with van der Waals surface area (Å²) in [7, 11) is 3.49. The van der Waals surface area contributed by atoms with Crippen molar-refractivity contribution in [2.75, 3.05) is 31.3 Å². The minimum atomic E-state index is 0.0253. The molecule has 76 valence electrons. The fourth-order valence-electron chi connectivity index (χ4n) is 1.11. The van der Waals surface area contributed by atoms with Gasteiger partial charge in [-0.05, 0) is 31.3 Å². The molecular formula is C10H15N3O. The number of amides is 1. The zero-order valence-corrected chi connectivity index (χ0v) is 8.45. The van der Waals surface area contributed by atoms with Crippen LogP contribution in [0.4, 0.5) is 11.4 Å². The van der Waals surface area contributed by atoms with Crippen molar-refractivity contribution in [3.05, 3.63) is 24.3 Å². The summed E-state index contributed by atoms with van der Waals surface area (Å²) in [4.78, 5) is 13.1. The molecule has 0 unspecified atom stereocenters. The molecule has 0 aromatic heterocycles. The predicted molar refractivity (Wildman–Crippen MR) is 58.2 cm³/mol. The minimum Gasteiger partial charge on any atom is -0.399 e. The Morgan fingerprint density at radius 3 is 2.50 bits per heavy atom. The molecule has 0 atom stereocenters. The molecule has 0 aliphatic rings. The van der Waals surface area contributed by atoms with Crippen molar-refractivity contribution in [1.82, 2.24) is 5.32 Å². The Morgan fingerprint density at radius 2 is 2.00 bits per heavy atom. The highest BCUT2D eigenvalue weighted by atomic mass is 16.2. The average molecular weight is 193 g/mol. The van der Waals surface area contributed by atoms with Crippen LogP contribution in [0.15, 0.2) is 24.3 Å². The molecule has 1 aromatic carbocycles. The molecule has 1 amide bonds. The fourth-order valence-corrected chi connectivity index (χ4v) is 1.11. The van der Waals surface area contributed by atoms with E-state index in [-0.39, 0.29) is 5.91 Å². The van der Waals surface area contributed by atoms with Gasteiger partial charge in [-0.15, -0.1) is 0 Å². The summed E-state index contributed by atoms with van der Waals surface area (Å²) in [5.74, 6) is 0.0253. The van der Waals surface area contributed by atoms with Gasteiger partial charge < -0.3 is 16.0 Å². The molecule has 4 heteroatoms. The first-order valence-corrected chi connectivity index (χ1v) is 4.42. The van der Waals surface area contributed by atoms with E-state index in [0.29, 0.717) is 12.2 Å². The van der Waals surface area contributed by atoms with Crippen LogP contribution in [-0.2, 0) is 4.79 Å². The van der Waals surface area contributed by atoms with Crippen molar-refractivity contribution in [1.29, 1.82) is 0 Å². The van der Waals surface area contributed by atoms with Gasteiger partial charge in [-0.25, -0.2) is 0 Å². The Hall–Kier alpha value is -1.55. The van der Waals surface area contributed by atoms with Crippen LogP contribution >= 0.6 is 0 Å². The van der Waals surface area contributed by atoms with Crippen LogP contribution in [0.5, 0.6) is 0 Å². The minimum absolute atomic E-state index is 0.0253. The lowest BCUT2D eigenvalue weighted by Gasteiger charge is -2.17. The quantitative estimate of drug-likeness (QED) is 0.685. The van der Waals surface area contributed by atoms with E-state index in [1.165, 1.54) is 0 Å². The highest BCUT2D eigenvalue weighted by molar-refractivity contribution is 5.94. The van der Waals surface area contributed by atoms with Gasteiger partial charge >= 0.3 is 0 Å². The first kappa shape index (κ1) is 10.5. The number of hydrogen-bond acceptors (Lipinski definition) is 3. The summed E-state index contributed by atoms with van der Waals surface area (Å²) in [6, 6.07) is 7.20. The van der Waals surface area contributed by atoms with E-state index >= 15 is 0 Å². The standard InChI is InChI=1S/C10H15N3O/c1-12-7-10(14)13(2)9-5-3-8(11)4-6-9/h3-6,12H,7,11H2,1-2H3. The van der Waals surface area contributed by atoms with E-state index in [2.05, 4.69) is 5.32 Å². The molecule has 0 fully saturated rings. The second-order valence-corrected chi connectivity index (χ2v) is 3.07. The summed E-state index contributed by atoms with van der Waals surface area (Å²) in [5, 5.41) is 2.81. The van der Waals surface area contributed by atoms with E-state index in [9.17, 15) is 4.79 Å². The van der Waals surface area contributed by atoms with Gasteiger partial charge in [-0.1, -0.05) is 0 Å². The van der Waals surface area contributed by atoms with Crippen molar-refractivity contribution in [3.63, 3.8) is 0 Å². The maximum Gasteiger partial charge on any atom is 0.240 e. The van der Waals surface area contributed by atoms with Crippen LogP contribution in [0.3, 0.4) is 0 Å². The maximum atomic E-state index is 11.5. The number of nitrogens with two attached hydrogens (primary N) is 1. The molecule has 0 aliphatic heterocycles. The van der Waals surface area contributed by atoms with E-state index in [1.807, 2.05) is 12.1 Å². The lowest BCUT2D eigenvalue weighted by atomic mass is 10.2. The topological polar surface area (TPSA) is 58.4 Å². The van der Waals surface area contributed by atoms with Gasteiger partial charge in [-0.2, -0.15) is 0 Å². The van der Waals surface area contributed by atoms with Gasteiger partial charge in [0.15, 0.2) is 0 Å². The smallest absolute Gasteiger partial charge is 0.240 e. The molecule has 0 radical (unpaired) electrons. The largest absolute Gasteiger partial charge is 0.399 e. The van der Waals surface area contributed by atoms with Crippen molar-refractivity contribution >= 4 is 17.3 Å². The number of rotatable bonds is 3. The number of carbonyl (C=O) groups is 1. The highest BCUT2D eigenvalue weighted by Crippen LogP contribution is 2.14. The van der Waals surface area contributed by atoms with Gasteiger partial charge in [0.1, 0.15) is 0 Å². The van der Waals surface area contributed by atoms with E-state index < -0.39 is 0 Å².